The molecule has 0 aliphatic rings. The molecule has 0 aromatic heterocycles. The van der Waals surface area contributed by atoms with E-state index in [0.717, 1.165) is 10.0 Å². The van der Waals surface area contributed by atoms with Gasteiger partial charge in [0, 0.05) is 4.47 Å². The average molecular weight is 352 g/mol. The van der Waals surface area contributed by atoms with Crippen molar-refractivity contribution in [1.82, 2.24) is 0 Å². The molecule has 0 bridgehead atoms. The standard InChI is InChI=1S/C18H20BrCl/c1-10-11(2)13(4)17(14(5)12(10)3)18(20)15-6-8-16(19)9-7-15/h6-9,18H,1-5H3. The average Bonchev–Trinajstić information content (AvgIpc) is 2.44. The molecule has 2 aromatic rings. The summed E-state index contributed by atoms with van der Waals surface area (Å²) >= 11 is 10.2. The predicted molar refractivity (Wildman–Crippen MR) is 92.0 cm³/mol. The van der Waals surface area contributed by atoms with Crippen molar-refractivity contribution in [3.05, 3.63) is 67.7 Å². The third-order valence-corrected chi connectivity index (χ3v) is 5.47. The third-order valence-electron chi connectivity index (χ3n) is 4.47. The van der Waals surface area contributed by atoms with Crippen molar-refractivity contribution in [2.24, 2.45) is 0 Å². The molecule has 2 aromatic carbocycles. The molecule has 0 amide bonds. The van der Waals surface area contributed by atoms with Gasteiger partial charge >= 0.3 is 0 Å². The molecule has 2 rings (SSSR count). The zero-order chi connectivity index (χ0) is 15.0. The second-order valence-electron chi connectivity index (χ2n) is 5.45. The molecule has 106 valence electrons. The van der Waals surface area contributed by atoms with Gasteiger partial charge in [0.05, 0.1) is 5.38 Å². The maximum Gasteiger partial charge on any atom is 0.0840 e. The van der Waals surface area contributed by atoms with Gasteiger partial charge in [-0.15, -0.1) is 11.6 Å². The van der Waals surface area contributed by atoms with E-state index in [4.69, 9.17) is 11.6 Å². The van der Waals surface area contributed by atoms with Crippen LogP contribution in [0.15, 0.2) is 28.7 Å². The third kappa shape index (κ3) is 2.66. The maximum atomic E-state index is 6.78. The molecule has 20 heavy (non-hydrogen) atoms. The number of rotatable bonds is 2. The van der Waals surface area contributed by atoms with Crippen LogP contribution >= 0.6 is 27.5 Å². The van der Waals surface area contributed by atoms with Crippen molar-refractivity contribution >= 4 is 27.5 Å². The van der Waals surface area contributed by atoms with Crippen molar-refractivity contribution in [2.75, 3.05) is 0 Å². The molecule has 0 N–H and O–H groups in total. The Morgan fingerprint density at radius 3 is 1.60 bits per heavy atom. The SMILES string of the molecule is Cc1c(C)c(C)c(C(Cl)c2ccc(Br)cc2)c(C)c1C. The van der Waals surface area contributed by atoms with Crippen LogP contribution in [-0.2, 0) is 0 Å². The zero-order valence-corrected chi connectivity index (χ0v) is 15.0. The van der Waals surface area contributed by atoms with Gasteiger partial charge in [0.1, 0.15) is 0 Å². The second-order valence-corrected chi connectivity index (χ2v) is 6.80. The maximum absolute atomic E-state index is 6.78. The largest absolute Gasteiger partial charge is 0.113 e. The van der Waals surface area contributed by atoms with E-state index in [1.54, 1.807) is 0 Å². The first-order valence-corrected chi connectivity index (χ1v) is 8.04. The summed E-state index contributed by atoms with van der Waals surface area (Å²) in [5.41, 5.74) is 9.11. The summed E-state index contributed by atoms with van der Waals surface area (Å²) in [6.07, 6.45) is 0. The molecule has 0 saturated heterocycles. The first-order chi connectivity index (χ1) is 9.34. The predicted octanol–water partition coefficient (Wildman–Crippen LogP) is 6.32. The molecule has 0 heterocycles. The number of hydrogen-bond donors (Lipinski definition) is 0. The Morgan fingerprint density at radius 2 is 1.15 bits per heavy atom. The molecule has 0 saturated carbocycles. The quantitative estimate of drug-likeness (QED) is 0.555. The van der Waals surface area contributed by atoms with Crippen LogP contribution in [0.1, 0.15) is 44.3 Å². The Hall–Kier alpha value is -0.790. The van der Waals surface area contributed by atoms with Crippen molar-refractivity contribution in [3.63, 3.8) is 0 Å². The fourth-order valence-corrected chi connectivity index (χ4v) is 3.44. The number of alkyl halides is 1. The van der Waals surface area contributed by atoms with Crippen LogP contribution in [0.5, 0.6) is 0 Å². The molecule has 0 radical (unpaired) electrons. The Balaban J connectivity index is 2.60. The molecule has 0 aliphatic carbocycles. The van der Waals surface area contributed by atoms with Crippen molar-refractivity contribution in [1.29, 1.82) is 0 Å². The van der Waals surface area contributed by atoms with E-state index in [1.807, 2.05) is 12.1 Å². The summed E-state index contributed by atoms with van der Waals surface area (Å²) in [6, 6.07) is 8.27. The van der Waals surface area contributed by atoms with Gasteiger partial charge in [0.2, 0.25) is 0 Å². The van der Waals surface area contributed by atoms with E-state index < -0.39 is 0 Å². The van der Waals surface area contributed by atoms with Crippen LogP contribution in [-0.4, -0.2) is 0 Å². The Morgan fingerprint density at radius 1 is 0.750 bits per heavy atom. The van der Waals surface area contributed by atoms with Gasteiger partial charge in [0.25, 0.3) is 0 Å². The highest BCUT2D eigenvalue weighted by atomic mass is 79.9. The normalized spacial score (nSPS) is 12.6. The van der Waals surface area contributed by atoms with Crippen LogP contribution in [0.25, 0.3) is 0 Å². The minimum absolute atomic E-state index is 0.0962. The second kappa shape index (κ2) is 5.91. The van der Waals surface area contributed by atoms with E-state index in [0.29, 0.717) is 0 Å². The van der Waals surface area contributed by atoms with Gasteiger partial charge in [-0.2, -0.15) is 0 Å². The molecular weight excluding hydrogens is 332 g/mol. The number of benzene rings is 2. The van der Waals surface area contributed by atoms with Gasteiger partial charge in [-0.05, 0) is 85.7 Å². The molecule has 0 fully saturated rings. The summed E-state index contributed by atoms with van der Waals surface area (Å²) in [5.74, 6) is 0. The summed E-state index contributed by atoms with van der Waals surface area (Å²) in [4.78, 5) is 0. The minimum Gasteiger partial charge on any atom is -0.113 e. The molecule has 1 unspecified atom stereocenters. The van der Waals surface area contributed by atoms with Gasteiger partial charge in [0.15, 0.2) is 0 Å². The van der Waals surface area contributed by atoms with E-state index >= 15 is 0 Å². The fraction of sp³-hybridized carbons (Fsp3) is 0.333. The molecule has 0 aliphatic heterocycles. The van der Waals surface area contributed by atoms with Crippen LogP contribution in [0.4, 0.5) is 0 Å². The van der Waals surface area contributed by atoms with Gasteiger partial charge in [-0.25, -0.2) is 0 Å². The lowest BCUT2D eigenvalue weighted by Crippen LogP contribution is -2.06. The van der Waals surface area contributed by atoms with Crippen LogP contribution < -0.4 is 0 Å². The Bertz CT molecular complexity index is 612. The van der Waals surface area contributed by atoms with Gasteiger partial charge in [-0.1, -0.05) is 28.1 Å². The number of hydrogen-bond acceptors (Lipinski definition) is 0. The lowest BCUT2D eigenvalue weighted by molar-refractivity contribution is 1.04. The van der Waals surface area contributed by atoms with Crippen molar-refractivity contribution < 1.29 is 0 Å². The Labute approximate surface area is 135 Å². The van der Waals surface area contributed by atoms with Crippen molar-refractivity contribution in [2.45, 2.75) is 40.0 Å². The van der Waals surface area contributed by atoms with Crippen LogP contribution in [0.2, 0.25) is 0 Å². The Kier molecular flexibility index (Phi) is 4.61. The van der Waals surface area contributed by atoms with Crippen LogP contribution in [0.3, 0.4) is 0 Å². The number of halogens is 2. The van der Waals surface area contributed by atoms with E-state index in [1.165, 1.54) is 33.4 Å². The zero-order valence-electron chi connectivity index (χ0n) is 12.6. The van der Waals surface area contributed by atoms with E-state index in [9.17, 15) is 0 Å². The van der Waals surface area contributed by atoms with E-state index in [-0.39, 0.29) is 5.38 Å². The lowest BCUT2D eigenvalue weighted by atomic mass is 9.86. The summed E-state index contributed by atoms with van der Waals surface area (Å²) in [6.45, 7) is 10.9. The molecule has 0 nitrogen and oxygen atoms in total. The lowest BCUT2D eigenvalue weighted by Gasteiger charge is -2.22. The monoisotopic (exact) mass is 350 g/mol. The highest BCUT2D eigenvalue weighted by Gasteiger charge is 2.19. The molecule has 2 heteroatoms. The first-order valence-electron chi connectivity index (χ1n) is 6.81. The first kappa shape index (κ1) is 15.6. The van der Waals surface area contributed by atoms with Gasteiger partial charge < -0.3 is 0 Å². The topological polar surface area (TPSA) is 0 Å². The summed E-state index contributed by atoms with van der Waals surface area (Å²) < 4.78 is 1.08. The molecular formula is C18H20BrCl. The minimum atomic E-state index is -0.0962. The summed E-state index contributed by atoms with van der Waals surface area (Å²) in [7, 11) is 0. The van der Waals surface area contributed by atoms with E-state index in [2.05, 4.69) is 62.7 Å². The molecule has 0 spiro atoms. The molecule has 1 atom stereocenters. The smallest absolute Gasteiger partial charge is 0.0840 e. The van der Waals surface area contributed by atoms with Crippen molar-refractivity contribution in [3.8, 4) is 0 Å². The highest BCUT2D eigenvalue weighted by molar-refractivity contribution is 9.10. The summed E-state index contributed by atoms with van der Waals surface area (Å²) in [5, 5.41) is -0.0962. The highest BCUT2D eigenvalue weighted by Crippen LogP contribution is 2.37. The van der Waals surface area contributed by atoms with Crippen LogP contribution in [0, 0.1) is 34.6 Å². The van der Waals surface area contributed by atoms with Gasteiger partial charge in [-0.3, -0.25) is 0 Å². The fourth-order valence-electron chi connectivity index (χ4n) is 2.71.